The monoisotopic (exact) mass is 188 g/mol. The zero-order chi connectivity index (χ0) is 8.97. The zero-order valence-electron chi connectivity index (χ0n) is 8.12. The van der Waals surface area contributed by atoms with E-state index in [-0.39, 0.29) is 0 Å². The molecule has 72 valence electrons. The van der Waals surface area contributed by atoms with Crippen molar-refractivity contribution in [2.75, 3.05) is 31.6 Å². The Labute approximate surface area is 79.9 Å². The van der Waals surface area contributed by atoms with Crippen molar-refractivity contribution in [3.8, 4) is 0 Å². The van der Waals surface area contributed by atoms with E-state index in [0.717, 1.165) is 18.5 Å². The molecule has 1 rings (SSSR count). The van der Waals surface area contributed by atoms with Gasteiger partial charge >= 0.3 is 0 Å². The second kappa shape index (κ2) is 5.10. The molecule has 1 saturated heterocycles. The standard InChI is InChI=1S/C9H20N2S/c1-8(7-12-2)11-4-3-9(5-10)6-11/h8-9H,3-7,10H2,1-2H3. The van der Waals surface area contributed by atoms with E-state index >= 15 is 0 Å². The average Bonchev–Trinajstić information content (AvgIpc) is 2.52. The third-order valence-corrected chi connectivity index (χ3v) is 3.50. The highest BCUT2D eigenvalue weighted by Crippen LogP contribution is 2.18. The second-order valence-corrected chi connectivity index (χ2v) is 4.60. The lowest BCUT2D eigenvalue weighted by atomic mass is 10.1. The number of thioether (sulfide) groups is 1. The van der Waals surface area contributed by atoms with E-state index in [9.17, 15) is 0 Å². The summed E-state index contributed by atoms with van der Waals surface area (Å²) in [5.41, 5.74) is 5.64. The number of nitrogens with zero attached hydrogens (tertiary/aromatic N) is 1. The van der Waals surface area contributed by atoms with Crippen LogP contribution in [0.2, 0.25) is 0 Å². The Balaban J connectivity index is 2.25. The first kappa shape index (κ1) is 10.4. The van der Waals surface area contributed by atoms with E-state index in [4.69, 9.17) is 5.73 Å². The van der Waals surface area contributed by atoms with Crippen LogP contribution in [0.4, 0.5) is 0 Å². The molecule has 2 nitrogen and oxygen atoms in total. The topological polar surface area (TPSA) is 29.3 Å². The molecule has 0 saturated carbocycles. The van der Waals surface area contributed by atoms with Crippen LogP contribution >= 0.6 is 11.8 Å². The Kier molecular flexibility index (Phi) is 4.40. The number of likely N-dealkylation sites (tertiary alicyclic amines) is 1. The van der Waals surface area contributed by atoms with Gasteiger partial charge < -0.3 is 5.73 Å². The van der Waals surface area contributed by atoms with Gasteiger partial charge in [-0.15, -0.1) is 0 Å². The summed E-state index contributed by atoms with van der Waals surface area (Å²) < 4.78 is 0. The summed E-state index contributed by atoms with van der Waals surface area (Å²) in [4.78, 5) is 2.56. The zero-order valence-corrected chi connectivity index (χ0v) is 8.94. The minimum Gasteiger partial charge on any atom is -0.330 e. The van der Waals surface area contributed by atoms with Gasteiger partial charge in [-0.1, -0.05) is 0 Å². The highest BCUT2D eigenvalue weighted by atomic mass is 32.2. The Hall–Kier alpha value is 0.270. The first-order valence-corrected chi connectivity index (χ1v) is 6.10. The van der Waals surface area contributed by atoms with Crippen molar-refractivity contribution in [1.29, 1.82) is 0 Å². The Bertz CT molecular complexity index is 130. The first-order valence-electron chi connectivity index (χ1n) is 4.71. The third kappa shape index (κ3) is 2.64. The molecule has 3 heteroatoms. The molecule has 1 aliphatic rings. The lowest BCUT2D eigenvalue weighted by molar-refractivity contribution is 0.270. The number of nitrogens with two attached hydrogens (primary N) is 1. The van der Waals surface area contributed by atoms with Gasteiger partial charge in [-0.3, -0.25) is 4.90 Å². The molecule has 0 bridgehead atoms. The molecule has 0 aromatic heterocycles. The fraction of sp³-hybridized carbons (Fsp3) is 1.00. The molecule has 2 atom stereocenters. The quantitative estimate of drug-likeness (QED) is 0.714. The smallest absolute Gasteiger partial charge is 0.0158 e. The predicted molar refractivity (Wildman–Crippen MR) is 56.6 cm³/mol. The molecule has 0 aromatic carbocycles. The molecule has 1 aliphatic heterocycles. The van der Waals surface area contributed by atoms with Gasteiger partial charge in [0.05, 0.1) is 0 Å². The molecule has 12 heavy (non-hydrogen) atoms. The molecule has 1 heterocycles. The van der Waals surface area contributed by atoms with Gasteiger partial charge in [-0.25, -0.2) is 0 Å². The van der Waals surface area contributed by atoms with Crippen LogP contribution in [-0.4, -0.2) is 42.6 Å². The summed E-state index contributed by atoms with van der Waals surface area (Å²) in [6.45, 7) is 5.65. The van der Waals surface area contributed by atoms with E-state index in [1.807, 2.05) is 11.8 Å². The number of hydrogen-bond donors (Lipinski definition) is 1. The van der Waals surface area contributed by atoms with Gasteiger partial charge in [0.1, 0.15) is 0 Å². The van der Waals surface area contributed by atoms with E-state index < -0.39 is 0 Å². The van der Waals surface area contributed by atoms with Crippen molar-refractivity contribution in [2.24, 2.45) is 11.7 Å². The first-order chi connectivity index (χ1) is 5.77. The van der Waals surface area contributed by atoms with E-state index in [2.05, 4.69) is 18.1 Å². The average molecular weight is 188 g/mol. The minimum absolute atomic E-state index is 0.733. The Morgan fingerprint density at radius 3 is 2.92 bits per heavy atom. The summed E-state index contributed by atoms with van der Waals surface area (Å²) in [5.74, 6) is 2.01. The van der Waals surface area contributed by atoms with Crippen LogP contribution in [0.25, 0.3) is 0 Å². The van der Waals surface area contributed by atoms with Crippen LogP contribution in [-0.2, 0) is 0 Å². The lowest BCUT2D eigenvalue weighted by Gasteiger charge is -2.23. The van der Waals surface area contributed by atoms with Crippen molar-refractivity contribution in [3.05, 3.63) is 0 Å². The normalized spacial score (nSPS) is 27.8. The van der Waals surface area contributed by atoms with Crippen molar-refractivity contribution < 1.29 is 0 Å². The summed E-state index contributed by atoms with van der Waals surface area (Å²) in [6, 6.07) is 0.733. The summed E-state index contributed by atoms with van der Waals surface area (Å²) in [6.07, 6.45) is 3.47. The maximum absolute atomic E-state index is 5.64. The molecule has 0 amide bonds. The summed E-state index contributed by atoms with van der Waals surface area (Å²) >= 11 is 1.93. The van der Waals surface area contributed by atoms with Crippen molar-refractivity contribution >= 4 is 11.8 Å². The minimum atomic E-state index is 0.733. The van der Waals surface area contributed by atoms with Gasteiger partial charge in [-0.05, 0) is 38.6 Å². The van der Waals surface area contributed by atoms with Crippen LogP contribution in [0.3, 0.4) is 0 Å². The van der Waals surface area contributed by atoms with E-state index in [1.165, 1.54) is 25.3 Å². The van der Waals surface area contributed by atoms with Crippen LogP contribution in [0, 0.1) is 5.92 Å². The molecule has 0 spiro atoms. The van der Waals surface area contributed by atoms with Crippen molar-refractivity contribution in [2.45, 2.75) is 19.4 Å². The van der Waals surface area contributed by atoms with Crippen LogP contribution in [0.1, 0.15) is 13.3 Å². The largest absolute Gasteiger partial charge is 0.330 e. The maximum atomic E-state index is 5.64. The second-order valence-electron chi connectivity index (χ2n) is 3.69. The maximum Gasteiger partial charge on any atom is 0.0158 e. The molecule has 0 aliphatic carbocycles. The molecule has 1 fully saturated rings. The Morgan fingerprint density at radius 1 is 1.67 bits per heavy atom. The lowest BCUT2D eigenvalue weighted by Crippen LogP contribution is -2.33. The predicted octanol–water partition coefficient (Wildman–Crippen LogP) is 1.02. The summed E-state index contributed by atoms with van der Waals surface area (Å²) in [7, 11) is 0. The van der Waals surface area contributed by atoms with Gasteiger partial charge in [0.2, 0.25) is 0 Å². The SMILES string of the molecule is CSCC(C)N1CCC(CN)C1. The van der Waals surface area contributed by atoms with Gasteiger partial charge in [0.25, 0.3) is 0 Å². The Morgan fingerprint density at radius 2 is 2.42 bits per heavy atom. The van der Waals surface area contributed by atoms with Gasteiger partial charge in [-0.2, -0.15) is 11.8 Å². The fourth-order valence-corrected chi connectivity index (χ4v) is 2.50. The van der Waals surface area contributed by atoms with Crippen LogP contribution in [0.5, 0.6) is 0 Å². The highest BCUT2D eigenvalue weighted by molar-refractivity contribution is 7.98. The van der Waals surface area contributed by atoms with Crippen LogP contribution in [0.15, 0.2) is 0 Å². The molecular formula is C9H20N2S. The fourth-order valence-electron chi connectivity index (χ4n) is 1.80. The number of hydrogen-bond acceptors (Lipinski definition) is 3. The van der Waals surface area contributed by atoms with Crippen molar-refractivity contribution in [1.82, 2.24) is 4.90 Å². The molecule has 0 radical (unpaired) electrons. The van der Waals surface area contributed by atoms with Gasteiger partial charge in [0.15, 0.2) is 0 Å². The molecule has 2 N–H and O–H groups in total. The highest BCUT2D eigenvalue weighted by Gasteiger charge is 2.24. The molecular weight excluding hydrogens is 168 g/mol. The molecule has 2 unspecified atom stereocenters. The summed E-state index contributed by atoms with van der Waals surface area (Å²) in [5, 5.41) is 0. The van der Waals surface area contributed by atoms with E-state index in [1.54, 1.807) is 0 Å². The third-order valence-electron chi connectivity index (χ3n) is 2.68. The van der Waals surface area contributed by atoms with Crippen molar-refractivity contribution in [3.63, 3.8) is 0 Å². The van der Waals surface area contributed by atoms with Gasteiger partial charge in [0, 0.05) is 18.3 Å². The molecule has 0 aromatic rings. The van der Waals surface area contributed by atoms with E-state index in [0.29, 0.717) is 0 Å². The number of rotatable bonds is 4. The van der Waals surface area contributed by atoms with Crippen LogP contribution < -0.4 is 5.73 Å².